The molecule has 1 aromatic heterocycles. The first-order valence-electron chi connectivity index (χ1n) is 8.12. The van der Waals surface area contributed by atoms with Crippen molar-refractivity contribution in [1.29, 1.82) is 0 Å². The molecule has 26 heavy (non-hydrogen) atoms. The molecule has 0 bridgehead atoms. The van der Waals surface area contributed by atoms with Crippen molar-refractivity contribution in [2.75, 3.05) is 10.6 Å². The van der Waals surface area contributed by atoms with Crippen molar-refractivity contribution < 1.29 is 4.79 Å². The van der Waals surface area contributed by atoms with Crippen LogP contribution >= 0.6 is 11.6 Å². The molecular formula is C19H16ClN5O. The van der Waals surface area contributed by atoms with Gasteiger partial charge in [-0.05, 0) is 36.8 Å². The fourth-order valence-corrected chi connectivity index (χ4v) is 3.18. The number of para-hydroxylation sites is 1. The predicted octanol–water partition coefficient (Wildman–Crippen LogP) is 3.86. The minimum absolute atomic E-state index is 0.192. The standard InChI is InChI=1S/C19H16ClN5O/c1-12-16(18(26)24-15-5-3-2-4-6-15)17(13-7-9-14(20)10-8-13)25-19(23-12)21-11-22-25/h2-11,17H,1H3,(H,24,26)(H,21,22,23)/t17-/m1/s1. The van der Waals surface area contributed by atoms with Crippen LogP contribution in [0.2, 0.25) is 5.02 Å². The van der Waals surface area contributed by atoms with Crippen molar-refractivity contribution in [3.8, 4) is 0 Å². The van der Waals surface area contributed by atoms with Gasteiger partial charge in [0.1, 0.15) is 12.4 Å². The molecule has 1 aliphatic rings. The third kappa shape index (κ3) is 2.95. The van der Waals surface area contributed by atoms with Gasteiger partial charge in [-0.15, -0.1) is 0 Å². The molecule has 1 aliphatic heterocycles. The Kier molecular flexibility index (Phi) is 4.18. The van der Waals surface area contributed by atoms with Gasteiger partial charge in [-0.1, -0.05) is 41.9 Å². The van der Waals surface area contributed by atoms with Crippen LogP contribution in [0, 0.1) is 0 Å². The Hall–Kier alpha value is -3.12. The summed E-state index contributed by atoms with van der Waals surface area (Å²) in [4.78, 5) is 17.3. The summed E-state index contributed by atoms with van der Waals surface area (Å²) in [5.41, 5.74) is 2.95. The average molecular weight is 366 g/mol. The Balaban J connectivity index is 1.77. The lowest BCUT2D eigenvalue weighted by atomic mass is 9.95. The maximum Gasteiger partial charge on any atom is 0.255 e. The van der Waals surface area contributed by atoms with Gasteiger partial charge in [0.2, 0.25) is 5.95 Å². The Morgan fingerprint density at radius 3 is 2.62 bits per heavy atom. The van der Waals surface area contributed by atoms with Crippen LogP contribution in [0.5, 0.6) is 0 Å². The molecule has 0 spiro atoms. The molecular weight excluding hydrogens is 350 g/mol. The molecule has 130 valence electrons. The number of benzene rings is 2. The third-order valence-electron chi connectivity index (χ3n) is 4.26. The highest BCUT2D eigenvalue weighted by molar-refractivity contribution is 6.30. The Morgan fingerprint density at radius 2 is 1.88 bits per heavy atom. The number of halogens is 1. The number of nitrogens with zero attached hydrogens (tertiary/aromatic N) is 3. The molecule has 1 amide bonds. The molecule has 6 nitrogen and oxygen atoms in total. The molecule has 4 rings (SSSR count). The number of anilines is 2. The van der Waals surface area contributed by atoms with Gasteiger partial charge < -0.3 is 10.6 Å². The van der Waals surface area contributed by atoms with E-state index in [2.05, 4.69) is 20.7 Å². The van der Waals surface area contributed by atoms with Crippen LogP contribution in [0.15, 0.2) is 72.2 Å². The van der Waals surface area contributed by atoms with E-state index < -0.39 is 6.04 Å². The molecule has 1 atom stereocenters. The van der Waals surface area contributed by atoms with Crippen LogP contribution in [0.1, 0.15) is 18.5 Å². The summed E-state index contributed by atoms with van der Waals surface area (Å²) in [6.45, 7) is 1.86. The second-order valence-corrected chi connectivity index (χ2v) is 6.40. The molecule has 7 heteroatoms. The van der Waals surface area contributed by atoms with Gasteiger partial charge in [-0.2, -0.15) is 10.1 Å². The Labute approximate surface area is 155 Å². The Bertz CT molecular complexity index is 979. The van der Waals surface area contributed by atoms with E-state index in [1.54, 1.807) is 16.8 Å². The molecule has 0 unspecified atom stereocenters. The van der Waals surface area contributed by atoms with Crippen molar-refractivity contribution in [3.63, 3.8) is 0 Å². The number of fused-ring (bicyclic) bond motifs is 1. The quantitative estimate of drug-likeness (QED) is 0.739. The number of carbonyl (C=O) groups is 1. The maximum atomic E-state index is 13.1. The lowest BCUT2D eigenvalue weighted by molar-refractivity contribution is -0.113. The van der Waals surface area contributed by atoms with Crippen molar-refractivity contribution in [2.24, 2.45) is 0 Å². The monoisotopic (exact) mass is 365 g/mol. The molecule has 0 radical (unpaired) electrons. The topological polar surface area (TPSA) is 71.8 Å². The van der Waals surface area contributed by atoms with Crippen molar-refractivity contribution in [1.82, 2.24) is 14.8 Å². The number of allylic oxidation sites excluding steroid dienone is 1. The van der Waals surface area contributed by atoms with Crippen molar-refractivity contribution >= 4 is 29.1 Å². The predicted molar refractivity (Wildman–Crippen MR) is 101 cm³/mol. The highest BCUT2D eigenvalue weighted by atomic mass is 35.5. The largest absolute Gasteiger partial charge is 0.328 e. The van der Waals surface area contributed by atoms with E-state index in [4.69, 9.17) is 11.6 Å². The normalized spacial score (nSPS) is 16.0. The SMILES string of the molecule is CC1=C(C(=O)Nc2ccccc2)[C@@H](c2ccc(Cl)cc2)n2ncnc2N1. The smallest absolute Gasteiger partial charge is 0.255 e. The van der Waals surface area contributed by atoms with Gasteiger partial charge in [0, 0.05) is 16.4 Å². The average Bonchev–Trinajstić information content (AvgIpc) is 3.10. The minimum Gasteiger partial charge on any atom is -0.328 e. The zero-order valence-corrected chi connectivity index (χ0v) is 14.7. The second-order valence-electron chi connectivity index (χ2n) is 5.97. The van der Waals surface area contributed by atoms with E-state index >= 15 is 0 Å². The van der Waals surface area contributed by atoms with Gasteiger partial charge in [-0.3, -0.25) is 4.79 Å². The van der Waals surface area contributed by atoms with Crippen molar-refractivity contribution in [3.05, 3.63) is 82.8 Å². The molecule has 0 fully saturated rings. The second kappa shape index (κ2) is 6.65. The van der Waals surface area contributed by atoms with Crippen LogP contribution in [0.3, 0.4) is 0 Å². The number of hydrogen-bond acceptors (Lipinski definition) is 4. The summed E-state index contributed by atoms with van der Waals surface area (Å²) < 4.78 is 1.70. The number of carbonyl (C=O) groups excluding carboxylic acids is 1. The maximum absolute atomic E-state index is 13.1. The number of rotatable bonds is 3. The van der Waals surface area contributed by atoms with Crippen LogP contribution in [-0.4, -0.2) is 20.7 Å². The summed E-state index contributed by atoms with van der Waals surface area (Å²) in [6.07, 6.45) is 1.47. The van der Waals surface area contributed by atoms with E-state index in [0.717, 1.165) is 16.9 Å². The zero-order chi connectivity index (χ0) is 18.1. The number of hydrogen-bond donors (Lipinski definition) is 2. The van der Waals surface area contributed by atoms with E-state index in [-0.39, 0.29) is 5.91 Å². The molecule has 3 aromatic rings. The lowest BCUT2D eigenvalue weighted by Crippen LogP contribution is -2.31. The first-order chi connectivity index (χ1) is 12.6. The fraction of sp³-hybridized carbons (Fsp3) is 0.105. The fourth-order valence-electron chi connectivity index (χ4n) is 3.06. The summed E-state index contributed by atoms with van der Waals surface area (Å²) in [5.74, 6) is 0.404. The molecule has 2 heterocycles. The molecule has 0 saturated heterocycles. The number of nitrogens with one attached hydrogen (secondary N) is 2. The van der Waals surface area contributed by atoms with Gasteiger partial charge in [0.05, 0.1) is 5.57 Å². The number of aromatic nitrogens is 3. The zero-order valence-electron chi connectivity index (χ0n) is 14.0. The third-order valence-corrected chi connectivity index (χ3v) is 4.51. The Morgan fingerprint density at radius 1 is 1.15 bits per heavy atom. The van der Waals surface area contributed by atoms with E-state index in [9.17, 15) is 4.79 Å². The first kappa shape index (κ1) is 16.4. The minimum atomic E-state index is -0.394. The molecule has 0 saturated carbocycles. The van der Waals surface area contributed by atoms with Gasteiger partial charge in [0.25, 0.3) is 5.91 Å². The molecule has 2 aromatic carbocycles. The highest BCUT2D eigenvalue weighted by Gasteiger charge is 2.33. The van der Waals surface area contributed by atoms with Crippen LogP contribution < -0.4 is 10.6 Å². The van der Waals surface area contributed by atoms with Gasteiger partial charge in [-0.25, -0.2) is 4.68 Å². The summed E-state index contributed by atoms with van der Waals surface area (Å²) >= 11 is 6.03. The summed E-state index contributed by atoms with van der Waals surface area (Å²) in [6, 6.07) is 16.4. The van der Waals surface area contributed by atoms with Crippen LogP contribution in [0.25, 0.3) is 0 Å². The van der Waals surface area contributed by atoms with Gasteiger partial charge in [0.15, 0.2) is 0 Å². The summed E-state index contributed by atoms with van der Waals surface area (Å²) in [7, 11) is 0. The first-order valence-corrected chi connectivity index (χ1v) is 8.50. The van der Waals surface area contributed by atoms with Gasteiger partial charge >= 0.3 is 0 Å². The van der Waals surface area contributed by atoms with E-state index in [1.807, 2.05) is 49.4 Å². The van der Waals surface area contributed by atoms with Crippen LogP contribution in [-0.2, 0) is 4.79 Å². The number of amides is 1. The lowest BCUT2D eigenvalue weighted by Gasteiger charge is -2.28. The van der Waals surface area contributed by atoms with E-state index in [0.29, 0.717) is 16.5 Å². The molecule has 0 aliphatic carbocycles. The van der Waals surface area contributed by atoms with Crippen molar-refractivity contribution in [2.45, 2.75) is 13.0 Å². The molecule has 2 N–H and O–H groups in total. The van der Waals surface area contributed by atoms with Crippen LogP contribution in [0.4, 0.5) is 11.6 Å². The summed E-state index contributed by atoms with van der Waals surface area (Å²) in [5, 5.41) is 11.0. The highest BCUT2D eigenvalue weighted by Crippen LogP contribution is 2.35. The van der Waals surface area contributed by atoms with E-state index in [1.165, 1.54) is 6.33 Å².